The summed E-state index contributed by atoms with van der Waals surface area (Å²) in [6.45, 7) is 0.431. The molecule has 74 valence electrons. The van der Waals surface area contributed by atoms with Crippen molar-refractivity contribution < 1.29 is 19.8 Å². The number of hydrazine groups is 1. The van der Waals surface area contributed by atoms with Crippen LogP contribution in [0.5, 0.6) is 0 Å². The van der Waals surface area contributed by atoms with E-state index >= 15 is 0 Å². The molecule has 0 aromatic rings. The zero-order valence-corrected chi connectivity index (χ0v) is 7.01. The number of carboxylic acid groups (broad SMARTS) is 2. The van der Waals surface area contributed by atoms with Crippen molar-refractivity contribution in [2.75, 3.05) is 6.54 Å². The number of rotatable bonds is 2. The van der Waals surface area contributed by atoms with Crippen LogP contribution in [0.4, 0.5) is 0 Å². The minimum Gasteiger partial charge on any atom is -0.481 e. The van der Waals surface area contributed by atoms with Crippen molar-refractivity contribution in [2.24, 2.45) is 11.8 Å². The smallest absolute Gasteiger partial charge is 0.323 e. The third kappa shape index (κ3) is 1.96. The Labute approximate surface area is 74.9 Å². The number of nitrogens with zero attached hydrogens (tertiary/aromatic N) is 1. The lowest BCUT2D eigenvalue weighted by Crippen LogP contribution is -2.55. The molecule has 2 atom stereocenters. The lowest BCUT2D eigenvalue weighted by Gasteiger charge is -2.33. The van der Waals surface area contributed by atoms with Crippen molar-refractivity contribution in [3.05, 3.63) is 0 Å². The fourth-order valence-corrected chi connectivity index (χ4v) is 1.59. The van der Waals surface area contributed by atoms with Gasteiger partial charge in [0.05, 0.1) is 5.92 Å². The molecule has 0 aliphatic carbocycles. The molecule has 0 saturated carbocycles. The second kappa shape index (κ2) is 3.71. The van der Waals surface area contributed by atoms with E-state index < -0.39 is 23.9 Å². The van der Waals surface area contributed by atoms with Gasteiger partial charge in [-0.2, -0.15) is 0 Å². The molecular formula is C7H12N2O4. The van der Waals surface area contributed by atoms with E-state index in [1.165, 1.54) is 0 Å². The van der Waals surface area contributed by atoms with E-state index in [0.717, 1.165) is 5.01 Å². The first kappa shape index (κ1) is 9.94. The number of carboxylic acids is 2. The van der Waals surface area contributed by atoms with Crippen LogP contribution in [-0.2, 0) is 9.59 Å². The van der Waals surface area contributed by atoms with Crippen LogP contribution in [0.2, 0.25) is 0 Å². The van der Waals surface area contributed by atoms with Crippen LogP contribution < -0.4 is 5.84 Å². The summed E-state index contributed by atoms with van der Waals surface area (Å²) in [6.07, 6.45) is 0.997. The standard InChI is InChI=1S/C7H12N2O4/c8-9-3-1-2-4(6(10)11)5(9)7(12)13/h4-5H,1-3,8H2,(H,10,11)(H,12,13). The minimum atomic E-state index is -1.17. The molecule has 4 N–H and O–H groups in total. The lowest BCUT2D eigenvalue weighted by atomic mass is 9.90. The van der Waals surface area contributed by atoms with Crippen molar-refractivity contribution >= 4 is 11.9 Å². The van der Waals surface area contributed by atoms with Crippen LogP contribution in [0.15, 0.2) is 0 Å². The van der Waals surface area contributed by atoms with Crippen LogP contribution in [0.3, 0.4) is 0 Å². The molecule has 0 aromatic heterocycles. The largest absolute Gasteiger partial charge is 0.481 e. The molecule has 0 radical (unpaired) electrons. The van der Waals surface area contributed by atoms with Gasteiger partial charge in [-0.25, -0.2) is 5.01 Å². The molecule has 1 aliphatic rings. The van der Waals surface area contributed by atoms with Gasteiger partial charge in [-0.1, -0.05) is 0 Å². The fourth-order valence-electron chi connectivity index (χ4n) is 1.59. The van der Waals surface area contributed by atoms with Gasteiger partial charge in [0, 0.05) is 6.54 Å². The SMILES string of the molecule is NN1CCCC(C(=O)O)C1C(=O)O. The maximum atomic E-state index is 10.7. The summed E-state index contributed by atoms with van der Waals surface area (Å²) in [4.78, 5) is 21.4. The highest BCUT2D eigenvalue weighted by Gasteiger charge is 2.39. The number of hydrogen-bond donors (Lipinski definition) is 3. The summed E-state index contributed by atoms with van der Waals surface area (Å²) in [5, 5.41) is 18.6. The number of hydrogen-bond acceptors (Lipinski definition) is 4. The van der Waals surface area contributed by atoms with E-state index in [4.69, 9.17) is 16.1 Å². The topological polar surface area (TPSA) is 104 Å². The Bertz CT molecular complexity index is 231. The minimum absolute atomic E-state index is 0.375. The zero-order chi connectivity index (χ0) is 10.0. The Kier molecular flexibility index (Phi) is 2.84. The third-order valence-corrected chi connectivity index (χ3v) is 2.24. The summed E-state index contributed by atoms with van der Waals surface area (Å²) < 4.78 is 0. The lowest BCUT2D eigenvalue weighted by molar-refractivity contribution is -0.158. The highest BCUT2D eigenvalue weighted by Crippen LogP contribution is 2.21. The van der Waals surface area contributed by atoms with E-state index in [9.17, 15) is 9.59 Å². The predicted octanol–water partition coefficient (Wildman–Crippen LogP) is -0.890. The quantitative estimate of drug-likeness (QED) is 0.485. The molecular weight excluding hydrogens is 176 g/mol. The van der Waals surface area contributed by atoms with E-state index in [1.54, 1.807) is 0 Å². The number of nitrogens with two attached hydrogens (primary N) is 1. The molecule has 2 unspecified atom stereocenters. The highest BCUT2D eigenvalue weighted by molar-refractivity contribution is 5.82. The summed E-state index contributed by atoms with van der Waals surface area (Å²) in [6, 6.07) is -1.09. The number of aliphatic carboxylic acids is 2. The van der Waals surface area contributed by atoms with Crippen LogP contribution in [0.1, 0.15) is 12.8 Å². The van der Waals surface area contributed by atoms with Crippen molar-refractivity contribution in [1.29, 1.82) is 0 Å². The van der Waals surface area contributed by atoms with Gasteiger partial charge in [0.25, 0.3) is 0 Å². The second-order valence-corrected chi connectivity index (χ2v) is 3.11. The number of piperidine rings is 1. The van der Waals surface area contributed by atoms with Gasteiger partial charge >= 0.3 is 11.9 Å². The molecule has 1 saturated heterocycles. The molecule has 0 bridgehead atoms. The van der Waals surface area contributed by atoms with Crippen LogP contribution in [-0.4, -0.2) is 39.7 Å². The van der Waals surface area contributed by atoms with E-state index in [2.05, 4.69) is 0 Å². The van der Waals surface area contributed by atoms with Gasteiger partial charge in [-0.05, 0) is 12.8 Å². The number of carbonyl (C=O) groups is 2. The van der Waals surface area contributed by atoms with Crippen molar-refractivity contribution in [3.8, 4) is 0 Å². The van der Waals surface area contributed by atoms with Crippen LogP contribution in [0, 0.1) is 5.92 Å². The van der Waals surface area contributed by atoms with Crippen molar-refractivity contribution in [3.63, 3.8) is 0 Å². The summed E-state index contributed by atoms with van der Waals surface area (Å²) in [5.41, 5.74) is 0. The second-order valence-electron chi connectivity index (χ2n) is 3.11. The van der Waals surface area contributed by atoms with Gasteiger partial charge in [-0.3, -0.25) is 15.4 Å². The Morgan fingerprint density at radius 3 is 2.31 bits per heavy atom. The molecule has 0 spiro atoms. The third-order valence-electron chi connectivity index (χ3n) is 2.24. The van der Waals surface area contributed by atoms with E-state index in [-0.39, 0.29) is 0 Å². The molecule has 0 aromatic carbocycles. The maximum Gasteiger partial charge on any atom is 0.323 e. The fraction of sp³-hybridized carbons (Fsp3) is 0.714. The van der Waals surface area contributed by atoms with E-state index in [1.807, 2.05) is 0 Å². The van der Waals surface area contributed by atoms with Gasteiger partial charge in [0.15, 0.2) is 0 Å². The van der Waals surface area contributed by atoms with Gasteiger partial charge < -0.3 is 10.2 Å². The molecule has 6 nitrogen and oxygen atoms in total. The maximum absolute atomic E-state index is 10.7. The first-order valence-electron chi connectivity index (χ1n) is 4.01. The van der Waals surface area contributed by atoms with Gasteiger partial charge in [0.1, 0.15) is 6.04 Å². The Balaban J connectivity index is 2.80. The van der Waals surface area contributed by atoms with Crippen molar-refractivity contribution in [1.82, 2.24) is 5.01 Å². The summed E-state index contributed by atoms with van der Waals surface area (Å²) in [7, 11) is 0. The van der Waals surface area contributed by atoms with Crippen molar-refractivity contribution in [2.45, 2.75) is 18.9 Å². The van der Waals surface area contributed by atoms with Crippen LogP contribution >= 0.6 is 0 Å². The first-order chi connectivity index (χ1) is 6.04. The van der Waals surface area contributed by atoms with Gasteiger partial charge in [0.2, 0.25) is 0 Å². The molecule has 1 rings (SSSR count). The molecule has 6 heteroatoms. The van der Waals surface area contributed by atoms with Crippen LogP contribution in [0.25, 0.3) is 0 Å². The molecule has 1 heterocycles. The Hall–Kier alpha value is -1.14. The predicted molar refractivity (Wildman–Crippen MR) is 42.7 cm³/mol. The molecule has 1 fully saturated rings. The Morgan fingerprint density at radius 2 is 1.92 bits per heavy atom. The molecule has 13 heavy (non-hydrogen) atoms. The average molecular weight is 188 g/mol. The summed E-state index contributed by atoms with van der Waals surface area (Å²) >= 11 is 0. The molecule has 1 aliphatic heterocycles. The summed E-state index contributed by atoms with van der Waals surface area (Å²) in [5.74, 6) is 2.24. The Morgan fingerprint density at radius 1 is 1.31 bits per heavy atom. The van der Waals surface area contributed by atoms with E-state index in [0.29, 0.717) is 19.4 Å². The normalized spacial score (nSPS) is 29.9. The first-order valence-corrected chi connectivity index (χ1v) is 4.01. The zero-order valence-electron chi connectivity index (χ0n) is 7.01. The molecule has 0 amide bonds. The van der Waals surface area contributed by atoms with Gasteiger partial charge in [-0.15, -0.1) is 0 Å². The average Bonchev–Trinajstić information content (AvgIpc) is 2.02. The highest BCUT2D eigenvalue weighted by atomic mass is 16.4. The monoisotopic (exact) mass is 188 g/mol.